The van der Waals surface area contributed by atoms with Gasteiger partial charge < -0.3 is 5.32 Å². The molecule has 0 aliphatic carbocycles. The minimum Gasteiger partial charge on any atom is -0.309 e. The topological polar surface area (TPSA) is 12.0 Å². The first-order chi connectivity index (χ1) is 9.63. The number of halogens is 2. The SMILES string of the molecule is CCCc1ccc(C(NC)c2cc(Br)cc(Br)c2)cc1. The van der Waals surface area contributed by atoms with Crippen LogP contribution in [-0.4, -0.2) is 7.05 Å². The van der Waals surface area contributed by atoms with E-state index in [4.69, 9.17) is 0 Å². The highest BCUT2D eigenvalue weighted by Crippen LogP contribution is 2.28. The molecule has 3 heteroatoms. The van der Waals surface area contributed by atoms with Crippen molar-refractivity contribution in [3.05, 3.63) is 68.1 Å². The molecule has 1 nitrogen and oxygen atoms in total. The summed E-state index contributed by atoms with van der Waals surface area (Å²) in [6.07, 6.45) is 2.33. The molecule has 0 aliphatic rings. The largest absolute Gasteiger partial charge is 0.309 e. The molecule has 0 spiro atoms. The Morgan fingerprint density at radius 2 is 1.55 bits per heavy atom. The quantitative estimate of drug-likeness (QED) is 0.706. The van der Waals surface area contributed by atoms with Gasteiger partial charge in [-0.1, -0.05) is 69.5 Å². The summed E-state index contributed by atoms with van der Waals surface area (Å²) >= 11 is 7.11. The molecule has 1 atom stereocenters. The van der Waals surface area contributed by atoms with Gasteiger partial charge in [-0.05, 0) is 48.4 Å². The number of benzene rings is 2. The van der Waals surface area contributed by atoms with Crippen LogP contribution < -0.4 is 5.32 Å². The lowest BCUT2D eigenvalue weighted by atomic mass is 9.97. The molecule has 0 aromatic heterocycles. The van der Waals surface area contributed by atoms with Crippen LogP contribution in [0.3, 0.4) is 0 Å². The molecule has 0 bridgehead atoms. The van der Waals surface area contributed by atoms with Gasteiger partial charge in [-0.25, -0.2) is 0 Å². The lowest BCUT2D eigenvalue weighted by Gasteiger charge is -2.18. The van der Waals surface area contributed by atoms with E-state index in [2.05, 4.69) is 86.6 Å². The van der Waals surface area contributed by atoms with Gasteiger partial charge in [0, 0.05) is 8.95 Å². The maximum absolute atomic E-state index is 3.56. The third-order valence-electron chi connectivity index (χ3n) is 3.36. The Hall–Kier alpha value is -0.640. The summed E-state index contributed by atoms with van der Waals surface area (Å²) in [5, 5.41) is 3.40. The fourth-order valence-corrected chi connectivity index (χ4v) is 3.76. The second-order valence-electron chi connectivity index (χ2n) is 4.92. The molecule has 0 amide bonds. The summed E-state index contributed by atoms with van der Waals surface area (Å²) < 4.78 is 2.18. The summed E-state index contributed by atoms with van der Waals surface area (Å²) in [6.45, 7) is 2.21. The average molecular weight is 397 g/mol. The molecule has 1 unspecified atom stereocenters. The van der Waals surface area contributed by atoms with E-state index in [-0.39, 0.29) is 6.04 Å². The Morgan fingerprint density at radius 3 is 2.05 bits per heavy atom. The maximum atomic E-state index is 3.56. The van der Waals surface area contributed by atoms with Gasteiger partial charge in [0.1, 0.15) is 0 Å². The lowest BCUT2D eigenvalue weighted by Crippen LogP contribution is -2.17. The predicted octanol–water partition coefficient (Wildman–Crippen LogP) is 5.47. The zero-order valence-electron chi connectivity index (χ0n) is 11.8. The van der Waals surface area contributed by atoms with Gasteiger partial charge in [0.15, 0.2) is 0 Å². The molecule has 2 aromatic rings. The average Bonchev–Trinajstić information content (AvgIpc) is 2.41. The standard InChI is InChI=1S/C17H19Br2N/c1-3-4-12-5-7-13(8-6-12)17(20-2)14-9-15(18)11-16(19)10-14/h5-11,17,20H,3-4H2,1-2H3. The van der Waals surface area contributed by atoms with Crippen molar-refractivity contribution in [1.29, 1.82) is 0 Å². The van der Waals surface area contributed by atoms with Crippen LogP contribution in [0, 0.1) is 0 Å². The number of rotatable bonds is 5. The minimum atomic E-state index is 0.208. The number of hydrogen-bond donors (Lipinski definition) is 1. The minimum absolute atomic E-state index is 0.208. The van der Waals surface area contributed by atoms with E-state index in [1.807, 2.05) is 7.05 Å². The molecule has 2 rings (SSSR count). The van der Waals surface area contributed by atoms with Crippen LogP contribution in [0.4, 0.5) is 0 Å². The van der Waals surface area contributed by atoms with Crippen molar-refractivity contribution in [3.8, 4) is 0 Å². The van der Waals surface area contributed by atoms with Gasteiger partial charge in [-0.3, -0.25) is 0 Å². The summed E-state index contributed by atoms with van der Waals surface area (Å²) in [5.74, 6) is 0. The van der Waals surface area contributed by atoms with Gasteiger partial charge in [0.25, 0.3) is 0 Å². The van der Waals surface area contributed by atoms with Gasteiger partial charge in [0.05, 0.1) is 6.04 Å². The molecule has 0 fully saturated rings. The monoisotopic (exact) mass is 395 g/mol. The highest BCUT2D eigenvalue weighted by atomic mass is 79.9. The molecule has 20 heavy (non-hydrogen) atoms. The van der Waals surface area contributed by atoms with E-state index in [9.17, 15) is 0 Å². The summed E-state index contributed by atoms with van der Waals surface area (Å²) in [7, 11) is 2.00. The fraction of sp³-hybridized carbons (Fsp3) is 0.294. The number of nitrogens with one attached hydrogen (secondary N) is 1. The fourth-order valence-electron chi connectivity index (χ4n) is 2.43. The Balaban J connectivity index is 2.31. The van der Waals surface area contributed by atoms with Crippen LogP contribution in [-0.2, 0) is 6.42 Å². The van der Waals surface area contributed by atoms with Crippen LogP contribution in [0.2, 0.25) is 0 Å². The molecule has 1 N–H and O–H groups in total. The molecule has 0 saturated heterocycles. The van der Waals surface area contributed by atoms with Crippen molar-refractivity contribution in [2.24, 2.45) is 0 Å². The molecule has 106 valence electrons. The van der Waals surface area contributed by atoms with E-state index in [0.717, 1.165) is 15.4 Å². The first-order valence-corrected chi connectivity index (χ1v) is 8.44. The molecule has 2 aromatic carbocycles. The third-order valence-corrected chi connectivity index (χ3v) is 4.27. The Bertz CT molecular complexity index is 543. The number of aryl methyl sites for hydroxylation is 1. The van der Waals surface area contributed by atoms with E-state index in [1.54, 1.807) is 0 Å². The van der Waals surface area contributed by atoms with E-state index in [0.29, 0.717) is 0 Å². The van der Waals surface area contributed by atoms with Gasteiger partial charge in [-0.2, -0.15) is 0 Å². The predicted molar refractivity (Wildman–Crippen MR) is 93.2 cm³/mol. The molecule has 0 saturated carbocycles. The van der Waals surface area contributed by atoms with Crippen molar-refractivity contribution in [1.82, 2.24) is 5.32 Å². The van der Waals surface area contributed by atoms with Gasteiger partial charge >= 0.3 is 0 Å². The Labute approximate surface area is 138 Å². The van der Waals surface area contributed by atoms with Crippen molar-refractivity contribution in [3.63, 3.8) is 0 Å². The normalized spacial score (nSPS) is 12.4. The zero-order chi connectivity index (χ0) is 14.5. The van der Waals surface area contributed by atoms with Crippen molar-refractivity contribution in [2.45, 2.75) is 25.8 Å². The third kappa shape index (κ3) is 3.94. The highest BCUT2D eigenvalue weighted by Gasteiger charge is 2.13. The van der Waals surface area contributed by atoms with Crippen LogP contribution in [0.15, 0.2) is 51.4 Å². The van der Waals surface area contributed by atoms with E-state index >= 15 is 0 Å². The zero-order valence-corrected chi connectivity index (χ0v) is 15.0. The first-order valence-electron chi connectivity index (χ1n) is 6.86. The molecular weight excluding hydrogens is 378 g/mol. The molecule has 0 radical (unpaired) electrons. The van der Waals surface area contributed by atoms with E-state index in [1.165, 1.54) is 23.1 Å². The molecule has 0 aliphatic heterocycles. The second kappa shape index (κ2) is 7.39. The Morgan fingerprint density at radius 1 is 0.950 bits per heavy atom. The van der Waals surface area contributed by atoms with Crippen molar-refractivity contribution >= 4 is 31.9 Å². The number of hydrogen-bond acceptors (Lipinski definition) is 1. The smallest absolute Gasteiger partial charge is 0.0575 e. The lowest BCUT2D eigenvalue weighted by molar-refractivity contribution is 0.690. The summed E-state index contributed by atoms with van der Waals surface area (Å²) in [5.41, 5.74) is 3.94. The van der Waals surface area contributed by atoms with Crippen LogP contribution in [0.1, 0.15) is 36.1 Å². The van der Waals surface area contributed by atoms with E-state index < -0.39 is 0 Å². The van der Waals surface area contributed by atoms with Crippen molar-refractivity contribution < 1.29 is 0 Å². The Kier molecular flexibility index (Phi) is 5.82. The molecule has 0 heterocycles. The highest BCUT2D eigenvalue weighted by molar-refractivity contribution is 9.11. The maximum Gasteiger partial charge on any atom is 0.0575 e. The van der Waals surface area contributed by atoms with Crippen molar-refractivity contribution in [2.75, 3.05) is 7.05 Å². The van der Waals surface area contributed by atoms with Crippen LogP contribution in [0.5, 0.6) is 0 Å². The summed E-state index contributed by atoms with van der Waals surface area (Å²) in [6, 6.07) is 15.5. The van der Waals surface area contributed by atoms with Gasteiger partial charge in [-0.15, -0.1) is 0 Å². The second-order valence-corrected chi connectivity index (χ2v) is 6.75. The van der Waals surface area contributed by atoms with Crippen LogP contribution >= 0.6 is 31.9 Å². The first kappa shape index (κ1) is 15.7. The molecular formula is C17H19Br2N. The van der Waals surface area contributed by atoms with Crippen LogP contribution in [0.25, 0.3) is 0 Å². The van der Waals surface area contributed by atoms with Gasteiger partial charge in [0.2, 0.25) is 0 Å². The summed E-state index contributed by atoms with van der Waals surface area (Å²) in [4.78, 5) is 0.